The normalized spacial score (nSPS) is 18.5. The number of hydrogen-bond acceptors (Lipinski definition) is 2. The lowest BCUT2D eigenvalue weighted by atomic mass is 10.1. The molecule has 2 aromatic carbocycles. The molecule has 1 fully saturated rings. The Morgan fingerprint density at radius 1 is 1.18 bits per heavy atom. The second-order valence-electron chi connectivity index (χ2n) is 7.21. The van der Waals surface area contributed by atoms with E-state index in [-0.39, 0.29) is 23.7 Å². The molecular weight excluding hydrogens is 355 g/mol. The Morgan fingerprint density at radius 2 is 1.89 bits per heavy atom. The van der Waals surface area contributed by atoms with Crippen molar-refractivity contribution >= 4 is 11.9 Å². The molecule has 2 unspecified atom stereocenters. The van der Waals surface area contributed by atoms with Gasteiger partial charge >= 0.3 is 0 Å². The SMILES string of the molecule is CCNC(=NCc1ccc(C(=O)N(C)C)cc1)NC1CC1c1ccccc1F. The van der Waals surface area contributed by atoms with Crippen LogP contribution in [0.15, 0.2) is 53.5 Å². The van der Waals surface area contributed by atoms with E-state index in [9.17, 15) is 9.18 Å². The topological polar surface area (TPSA) is 56.7 Å². The summed E-state index contributed by atoms with van der Waals surface area (Å²) in [5.41, 5.74) is 2.44. The van der Waals surface area contributed by atoms with Crippen LogP contribution >= 0.6 is 0 Å². The summed E-state index contributed by atoms with van der Waals surface area (Å²) in [5.74, 6) is 0.741. The molecule has 1 aliphatic carbocycles. The molecule has 28 heavy (non-hydrogen) atoms. The average Bonchev–Trinajstić information content (AvgIpc) is 3.45. The molecule has 148 valence electrons. The molecule has 0 aromatic heterocycles. The van der Waals surface area contributed by atoms with Crippen LogP contribution in [-0.4, -0.2) is 43.4 Å². The van der Waals surface area contributed by atoms with Crippen LogP contribution in [-0.2, 0) is 6.54 Å². The van der Waals surface area contributed by atoms with Gasteiger partial charge in [0.1, 0.15) is 5.82 Å². The summed E-state index contributed by atoms with van der Waals surface area (Å²) in [6, 6.07) is 14.6. The van der Waals surface area contributed by atoms with E-state index in [0.717, 1.165) is 30.1 Å². The highest BCUT2D eigenvalue weighted by Gasteiger charge is 2.40. The van der Waals surface area contributed by atoms with Gasteiger partial charge in [0.25, 0.3) is 5.91 Å². The molecule has 3 rings (SSSR count). The van der Waals surface area contributed by atoms with Gasteiger partial charge in [-0.3, -0.25) is 4.79 Å². The van der Waals surface area contributed by atoms with Gasteiger partial charge in [0.05, 0.1) is 6.54 Å². The van der Waals surface area contributed by atoms with Crippen LogP contribution in [0, 0.1) is 5.82 Å². The summed E-state index contributed by atoms with van der Waals surface area (Å²) in [6.45, 7) is 3.27. The molecule has 1 amide bonds. The van der Waals surface area contributed by atoms with Crippen molar-refractivity contribution in [3.05, 3.63) is 71.0 Å². The van der Waals surface area contributed by atoms with Crippen LogP contribution < -0.4 is 10.6 Å². The van der Waals surface area contributed by atoms with Crippen LogP contribution in [0.4, 0.5) is 4.39 Å². The predicted octanol–water partition coefficient (Wildman–Crippen LogP) is 3.14. The van der Waals surface area contributed by atoms with E-state index in [2.05, 4.69) is 15.6 Å². The number of nitrogens with zero attached hydrogens (tertiary/aromatic N) is 2. The number of carbonyl (C=O) groups excluding carboxylic acids is 1. The molecule has 5 nitrogen and oxygen atoms in total. The van der Waals surface area contributed by atoms with Crippen molar-refractivity contribution in [2.45, 2.75) is 31.8 Å². The number of rotatable bonds is 6. The summed E-state index contributed by atoms with van der Waals surface area (Å²) < 4.78 is 13.9. The average molecular weight is 382 g/mol. The standard InChI is InChI=1S/C22H27FN4O/c1-4-24-22(26-20-13-18(20)17-7-5-6-8-19(17)23)25-14-15-9-11-16(12-10-15)21(28)27(2)3/h5-12,18,20H,4,13-14H2,1-3H3,(H2,24,25,26). The monoisotopic (exact) mass is 382 g/mol. The fourth-order valence-electron chi connectivity index (χ4n) is 3.15. The Balaban J connectivity index is 1.61. The lowest BCUT2D eigenvalue weighted by Gasteiger charge is -2.12. The van der Waals surface area contributed by atoms with Gasteiger partial charge in [-0.2, -0.15) is 0 Å². The van der Waals surface area contributed by atoms with Crippen molar-refractivity contribution in [3.63, 3.8) is 0 Å². The number of halogens is 1. The van der Waals surface area contributed by atoms with E-state index < -0.39 is 0 Å². The van der Waals surface area contributed by atoms with Crippen LogP contribution in [0.1, 0.15) is 40.7 Å². The number of hydrogen-bond donors (Lipinski definition) is 2. The zero-order valence-electron chi connectivity index (χ0n) is 16.6. The first kappa shape index (κ1) is 19.9. The fraction of sp³-hybridized carbons (Fsp3) is 0.364. The van der Waals surface area contributed by atoms with Gasteiger partial charge in [0, 0.05) is 38.2 Å². The third kappa shape index (κ3) is 4.88. The number of benzene rings is 2. The number of aliphatic imine (C=N–C) groups is 1. The zero-order valence-corrected chi connectivity index (χ0v) is 16.6. The van der Waals surface area contributed by atoms with E-state index in [0.29, 0.717) is 12.1 Å². The third-order valence-corrected chi connectivity index (χ3v) is 4.79. The number of guanidine groups is 1. The largest absolute Gasteiger partial charge is 0.357 e. The van der Waals surface area contributed by atoms with Crippen molar-refractivity contribution in [1.29, 1.82) is 0 Å². The summed E-state index contributed by atoms with van der Waals surface area (Å²) >= 11 is 0. The highest BCUT2D eigenvalue weighted by Crippen LogP contribution is 2.41. The first-order valence-corrected chi connectivity index (χ1v) is 9.59. The Labute approximate surface area is 165 Å². The Morgan fingerprint density at radius 3 is 2.54 bits per heavy atom. The maximum absolute atomic E-state index is 13.9. The van der Waals surface area contributed by atoms with E-state index in [1.54, 1.807) is 25.1 Å². The summed E-state index contributed by atoms with van der Waals surface area (Å²) in [6.07, 6.45) is 0.896. The molecule has 0 heterocycles. The second kappa shape index (κ2) is 8.87. The first-order valence-electron chi connectivity index (χ1n) is 9.59. The van der Waals surface area contributed by atoms with Gasteiger partial charge in [-0.15, -0.1) is 0 Å². The van der Waals surface area contributed by atoms with Crippen LogP contribution in [0.2, 0.25) is 0 Å². The maximum atomic E-state index is 13.9. The lowest BCUT2D eigenvalue weighted by Crippen LogP contribution is -2.39. The van der Waals surface area contributed by atoms with Crippen LogP contribution in [0.5, 0.6) is 0 Å². The predicted molar refractivity (Wildman–Crippen MR) is 110 cm³/mol. The number of amides is 1. The van der Waals surface area contributed by atoms with Crippen molar-refractivity contribution < 1.29 is 9.18 Å². The van der Waals surface area contributed by atoms with E-state index in [1.165, 1.54) is 6.07 Å². The molecule has 0 aliphatic heterocycles. The molecule has 0 spiro atoms. The third-order valence-electron chi connectivity index (χ3n) is 4.79. The Kier molecular flexibility index (Phi) is 6.29. The lowest BCUT2D eigenvalue weighted by molar-refractivity contribution is 0.0827. The number of nitrogens with one attached hydrogen (secondary N) is 2. The molecule has 0 saturated heterocycles. The molecule has 2 N–H and O–H groups in total. The van der Waals surface area contributed by atoms with Gasteiger partial charge in [-0.25, -0.2) is 9.38 Å². The van der Waals surface area contributed by atoms with E-state index >= 15 is 0 Å². The van der Waals surface area contributed by atoms with Crippen molar-refractivity contribution in [1.82, 2.24) is 15.5 Å². The van der Waals surface area contributed by atoms with Crippen molar-refractivity contribution in [3.8, 4) is 0 Å². The zero-order chi connectivity index (χ0) is 20.1. The second-order valence-corrected chi connectivity index (χ2v) is 7.21. The fourth-order valence-corrected chi connectivity index (χ4v) is 3.15. The van der Waals surface area contributed by atoms with Crippen LogP contribution in [0.3, 0.4) is 0 Å². The summed E-state index contributed by atoms with van der Waals surface area (Å²) in [7, 11) is 3.47. The summed E-state index contributed by atoms with van der Waals surface area (Å²) in [4.78, 5) is 18.1. The molecule has 1 aliphatic rings. The van der Waals surface area contributed by atoms with Gasteiger partial charge in [-0.1, -0.05) is 30.3 Å². The molecule has 2 aromatic rings. The van der Waals surface area contributed by atoms with E-state index in [1.807, 2.05) is 43.3 Å². The number of carbonyl (C=O) groups is 1. The minimum Gasteiger partial charge on any atom is -0.357 e. The highest BCUT2D eigenvalue weighted by molar-refractivity contribution is 5.93. The van der Waals surface area contributed by atoms with Gasteiger partial charge in [0.2, 0.25) is 0 Å². The van der Waals surface area contributed by atoms with Crippen molar-refractivity contribution in [2.75, 3.05) is 20.6 Å². The Bertz CT molecular complexity index is 848. The molecule has 0 radical (unpaired) electrons. The highest BCUT2D eigenvalue weighted by atomic mass is 19.1. The Hall–Kier alpha value is -2.89. The van der Waals surface area contributed by atoms with Crippen LogP contribution in [0.25, 0.3) is 0 Å². The molecular formula is C22H27FN4O. The molecule has 2 atom stereocenters. The smallest absolute Gasteiger partial charge is 0.253 e. The minimum atomic E-state index is -0.147. The molecule has 1 saturated carbocycles. The van der Waals surface area contributed by atoms with E-state index in [4.69, 9.17) is 0 Å². The van der Waals surface area contributed by atoms with Crippen molar-refractivity contribution in [2.24, 2.45) is 4.99 Å². The summed E-state index contributed by atoms with van der Waals surface area (Å²) in [5, 5.41) is 6.63. The molecule has 6 heteroatoms. The maximum Gasteiger partial charge on any atom is 0.253 e. The molecule has 0 bridgehead atoms. The van der Waals surface area contributed by atoms with Gasteiger partial charge in [0.15, 0.2) is 5.96 Å². The first-order chi connectivity index (χ1) is 13.5. The van der Waals surface area contributed by atoms with Gasteiger partial charge in [-0.05, 0) is 42.7 Å². The van der Waals surface area contributed by atoms with Gasteiger partial charge < -0.3 is 15.5 Å². The minimum absolute atomic E-state index is 0.0158. The quantitative estimate of drug-likeness (QED) is 0.596.